The molecule has 0 atom stereocenters. The fourth-order valence-corrected chi connectivity index (χ4v) is 2.87. The Labute approximate surface area is 144 Å². The first-order valence-corrected chi connectivity index (χ1v) is 8.94. The summed E-state index contributed by atoms with van der Waals surface area (Å²) in [6.07, 6.45) is 1.87. The molecule has 2 rings (SSSR count). The second-order valence-corrected chi connectivity index (χ2v) is 6.03. The summed E-state index contributed by atoms with van der Waals surface area (Å²) in [5, 5.41) is 9.76. The average Bonchev–Trinajstić information content (AvgIpc) is 2.93. The first-order valence-electron chi connectivity index (χ1n) is 7.95. The molecule has 1 aromatic carbocycles. The number of amides is 1. The van der Waals surface area contributed by atoms with Gasteiger partial charge in [0.2, 0.25) is 5.91 Å². The quantitative estimate of drug-likeness (QED) is 0.678. The highest BCUT2D eigenvalue weighted by Crippen LogP contribution is 2.24. The Morgan fingerprint density at radius 2 is 2.17 bits per heavy atom. The molecule has 0 radical (unpaired) electrons. The van der Waals surface area contributed by atoms with Gasteiger partial charge >= 0.3 is 5.69 Å². The molecule has 130 valence electrons. The van der Waals surface area contributed by atoms with Crippen molar-refractivity contribution in [2.45, 2.75) is 38.4 Å². The molecule has 0 aliphatic carbocycles. The number of carbonyl (C=O) groups is 1. The van der Waals surface area contributed by atoms with Gasteiger partial charge in [0.25, 0.3) is 0 Å². The van der Waals surface area contributed by atoms with Gasteiger partial charge in [0.05, 0.1) is 18.0 Å². The van der Waals surface area contributed by atoms with E-state index >= 15 is 0 Å². The van der Waals surface area contributed by atoms with Crippen molar-refractivity contribution in [3.8, 4) is 5.75 Å². The van der Waals surface area contributed by atoms with Crippen molar-refractivity contribution in [2.24, 2.45) is 0 Å². The van der Waals surface area contributed by atoms with E-state index < -0.39 is 0 Å². The third-order valence-corrected chi connectivity index (χ3v) is 4.23. The van der Waals surface area contributed by atoms with Gasteiger partial charge in [-0.25, -0.2) is 9.89 Å². The molecule has 8 heteroatoms. The van der Waals surface area contributed by atoms with E-state index in [9.17, 15) is 9.59 Å². The van der Waals surface area contributed by atoms with Gasteiger partial charge < -0.3 is 10.1 Å². The number of aromatic amines is 1. The van der Waals surface area contributed by atoms with Gasteiger partial charge in [-0.3, -0.25) is 9.36 Å². The van der Waals surface area contributed by atoms with Crippen LogP contribution in [0.5, 0.6) is 5.75 Å². The van der Waals surface area contributed by atoms with Crippen molar-refractivity contribution in [3.63, 3.8) is 0 Å². The van der Waals surface area contributed by atoms with Crippen LogP contribution in [-0.4, -0.2) is 33.0 Å². The topological polar surface area (TPSA) is 89.0 Å². The predicted octanol–water partition coefficient (Wildman–Crippen LogP) is 2.50. The van der Waals surface area contributed by atoms with E-state index in [1.165, 1.54) is 11.8 Å². The van der Waals surface area contributed by atoms with E-state index in [0.717, 1.165) is 12.8 Å². The standard InChI is InChI=1S/C16H22N4O3S/c1-3-5-10-20-15(22)18-19-16(20)24-11-14(21)17-12-8-6-7-9-13(12)23-4-2/h6-9H,3-5,10-11H2,1-2H3,(H,17,21)(H,18,22). The van der Waals surface area contributed by atoms with E-state index in [1.54, 1.807) is 10.6 Å². The van der Waals surface area contributed by atoms with Gasteiger partial charge in [-0.15, -0.1) is 5.10 Å². The number of unbranched alkanes of at least 4 members (excludes halogenated alkanes) is 1. The molecule has 0 spiro atoms. The maximum absolute atomic E-state index is 12.2. The lowest BCUT2D eigenvalue weighted by Gasteiger charge is -2.11. The monoisotopic (exact) mass is 350 g/mol. The number of anilines is 1. The summed E-state index contributed by atoms with van der Waals surface area (Å²) < 4.78 is 7.05. The highest BCUT2D eigenvalue weighted by Gasteiger charge is 2.12. The van der Waals surface area contributed by atoms with Crippen molar-refractivity contribution in [3.05, 3.63) is 34.7 Å². The molecule has 24 heavy (non-hydrogen) atoms. The maximum atomic E-state index is 12.2. The van der Waals surface area contributed by atoms with Gasteiger partial charge in [0.15, 0.2) is 5.16 Å². The van der Waals surface area contributed by atoms with Crippen LogP contribution in [-0.2, 0) is 11.3 Å². The molecule has 0 saturated heterocycles. The van der Waals surface area contributed by atoms with Crippen LogP contribution in [0, 0.1) is 0 Å². The summed E-state index contributed by atoms with van der Waals surface area (Å²) in [6.45, 7) is 5.07. The second-order valence-electron chi connectivity index (χ2n) is 5.08. The van der Waals surface area contributed by atoms with Crippen LogP contribution in [0.4, 0.5) is 5.69 Å². The summed E-state index contributed by atoms with van der Waals surface area (Å²) in [4.78, 5) is 23.9. The van der Waals surface area contributed by atoms with Gasteiger partial charge in [-0.05, 0) is 25.5 Å². The lowest BCUT2D eigenvalue weighted by Crippen LogP contribution is -2.19. The Balaban J connectivity index is 1.96. The Hall–Kier alpha value is -2.22. The molecule has 2 aromatic rings. The van der Waals surface area contributed by atoms with E-state index in [1.807, 2.05) is 25.1 Å². The largest absolute Gasteiger partial charge is 0.492 e. The van der Waals surface area contributed by atoms with Crippen LogP contribution in [0.2, 0.25) is 0 Å². The van der Waals surface area contributed by atoms with Crippen molar-refractivity contribution in [1.82, 2.24) is 14.8 Å². The SMILES string of the molecule is CCCCn1c(SCC(=O)Nc2ccccc2OCC)n[nH]c1=O. The van der Waals surface area contributed by atoms with Crippen LogP contribution in [0.1, 0.15) is 26.7 Å². The Kier molecular flexibility index (Phi) is 6.92. The van der Waals surface area contributed by atoms with Crippen LogP contribution in [0.25, 0.3) is 0 Å². The molecule has 1 heterocycles. The fourth-order valence-electron chi connectivity index (χ4n) is 2.09. The number of benzene rings is 1. The lowest BCUT2D eigenvalue weighted by molar-refractivity contribution is -0.113. The molecule has 7 nitrogen and oxygen atoms in total. The molecular weight excluding hydrogens is 328 g/mol. The fraction of sp³-hybridized carbons (Fsp3) is 0.438. The number of ether oxygens (including phenoxy) is 1. The minimum atomic E-state index is -0.243. The number of para-hydroxylation sites is 2. The second kappa shape index (κ2) is 9.17. The smallest absolute Gasteiger partial charge is 0.343 e. The molecule has 0 fully saturated rings. The third kappa shape index (κ3) is 4.89. The minimum absolute atomic E-state index is 0.164. The molecule has 1 aromatic heterocycles. The van der Waals surface area contributed by atoms with Gasteiger partial charge in [-0.1, -0.05) is 37.2 Å². The number of rotatable bonds is 9. The highest BCUT2D eigenvalue weighted by molar-refractivity contribution is 7.99. The molecule has 1 amide bonds. The summed E-state index contributed by atoms with van der Waals surface area (Å²) in [5.74, 6) is 0.624. The van der Waals surface area contributed by atoms with E-state index in [0.29, 0.717) is 29.7 Å². The van der Waals surface area contributed by atoms with Crippen LogP contribution in [0.15, 0.2) is 34.2 Å². The number of hydrogen-bond donors (Lipinski definition) is 2. The molecule has 0 saturated carbocycles. The number of hydrogen-bond acceptors (Lipinski definition) is 5. The summed E-state index contributed by atoms with van der Waals surface area (Å²) in [6, 6.07) is 7.29. The normalized spacial score (nSPS) is 10.6. The van der Waals surface area contributed by atoms with E-state index in [-0.39, 0.29) is 17.3 Å². The number of H-pyrrole nitrogens is 1. The van der Waals surface area contributed by atoms with Gasteiger partial charge in [0, 0.05) is 6.54 Å². The van der Waals surface area contributed by atoms with Gasteiger partial charge in [-0.2, -0.15) is 0 Å². The van der Waals surface area contributed by atoms with Crippen molar-refractivity contribution < 1.29 is 9.53 Å². The lowest BCUT2D eigenvalue weighted by atomic mass is 10.3. The molecule has 2 N–H and O–H groups in total. The number of nitrogens with one attached hydrogen (secondary N) is 2. The zero-order chi connectivity index (χ0) is 17.4. The number of aromatic nitrogens is 3. The van der Waals surface area contributed by atoms with Crippen LogP contribution in [0.3, 0.4) is 0 Å². The Morgan fingerprint density at radius 3 is 2.92 bits per heavy atom. The number of nitrogens with zero attached hydrogens (tertiary/aromatic N) is 2. The van der Waals surface area contributed by atoms with Crippen molar-refractivity contribution in [1.29, 1.82) is 0 Å². The van der Waals surface area contributed by atoms with Crippen molar-refractivity contribution >= 4 is 23.4 Å². The first-order chi connectivity index (χ1) is 11.7. The number of thioether (sulfide) groups is 1. The number of carbonyl (C=O) groups excluding carboxylic acids is 1. The van der Waals surface area contributed by atoms with E-state index in [4.69, 9.17) is 4.74 Å². The molecule has 0 aliphatic heterocycles. The first kappa shape index (κ1) is 18.1. The molecule has 0 unspecified atom stereocenters. The van der Waals surface area contributed by atoms with Crippen LogP contribution < -0.4 is 15.7 Å². The van der Waals surface area contributed by atoms with Gasteiger partial charge in [0.1, 0.15) is 5.75 Å². The molecular formula is C16H22N4O3S. The Bertz CT molecular complexity index is 726. The van der Waals surface area contributed by atoms with Crippen LogP contribution >= 0.6 is 11.8 Å². The predicted molar refractivity (Wildman–Crippen MR) is 94.7 cm³/mol. The minimum Gasteiger partial charge on any atom is -0.492 e. The average molecular weight is 350 g/mol. The highest BCUT2D eigenvalue weighted by atomic mass is 32.2. The summed E-state index contributed by atoms with van der Waals surface area (Å²) in [5.41, 5.74) is 0.392. The Morgan fingerprint density at radius 1 is 1.38 bits per heavy atom. The maximum Gasteiger partial charge on any atom is 0.343 e. The zero-order valence-corrected chi connectivity index (χ0v) is 14.7. The summed E-state index contributed by atoms with van der Waals surface area (Å²) >= 11 is 1.23. The zero-order valence-electron chi connectivity index (χ0n) is 13.9. The molecule has 0 aliphatic rings. The molecule has 0 bridgehead atoms. The van der Waals surface area contributed by atoms with Crippen molar-refractivity contribution in [2.75, 3.05) is 17.7 Å². The third-order valence-electron chi connectivity index (χ3n) is 3.25. The van der Waals surface area contributed by atoms with E-state index in [2.05, 4.69) is 22.4 Å². The summed E-state index contributed by atoms with van der Waals surface area (Å²) in [7, 11) is 0.